The Morgan fingerprint density at radius 2 is 1.74 bits per heavy atom. The molecule has 0 spiro atoms. The second-order valence-corrected chi connectivity index (χ2v) is 7.27. The number of aliphatic carboxylic acids is 1. The maximum atomic E-state index is 11.9. The number of nitrogens with zero attached hydrogens (tertiary/aromatic N) is 1. The van der Waals surface area contributed by atoms with Crippen molar-refractivity contribution in [2.24, 2.45) is 0 Å². The predicted molar refractivity (Wildman–Crippen MR) is 86.3 cm³/mol. The minimum absolute atomic E-state index is 0.194. The van der Waals surface area contributed by atoms with Gasteiger partial charge in [-0.05, 0) is 22.8 Å². The zero-order valence-corrected chi connectivity index (χ0v) is 13.1. The van der Waals surface area contributed by atoms with Gasteiger partial charge in [-0.1, -0.05) is 42.5 Å². The summed E-state index contributed by atoms with van der Waals surface area (Å²) < 4.78 is 23.7. The Hall–Kier alpha value is -2.65. The molecule has 2 aromatic rings. The highest BCUT2D eigenvalue weighted by molar-refractivity contribution is 7.90. The molecule has 0 atom stereocenters. The highest BCUT2D eigenvalue weighted by atomic mass is 32.2. The van der Waals surface area contributed by atoms with Gasteiger partial charge in [0.15, 0.2) is 9.84 Å². The SMILES string of the molecule is N#Cc1ccccc1-c1ccc(CS(=O)(=O)CCC(=O)O)cc1. The van der Waals surface area contributed by atoms with E-state index >= 15 is 0 Å². The molecule has 0 aliphatic carbocycles. The van der Waals surface area contributed by atoms with Crippen LogP contribution in [0.5, 0.6) is 0 Å². The number of benzene rings is 2. The van der Waals surface area contributed by atoms with Gasteiger partial charge in [0.1, 0.15) is 0 Å². The average molecular weight is 329 g/mol. The van der Waals surface area contributed by atoms with E-state index < -0.39 is 22.2 Å². The smallest absolute Gasteiger partial charge is 0.304 e. The first-order valence-electron chi connectivity index (χ1n) is 6.92. The van der Waals surface area contributed by atoms with Crippen molar-refractivity contribution in [1.29, 1.82) is 5.26 Å². The summed E-state index contributed by atoms with van der Waals surface area (Å²) >= 11 is 0. The van der Waals surface area contributed by atoms with Gasteiger partial charge in [-0.3, -0.25) is 4.79 Å². The summed E-state index contributed by atoms with van der Waals surface area (Å²) in [4.78, 5) is 10.5. The first kappa shape index (κ1) is 16.7. The molecule has 2 rings (SSSR count). The minimum atomic E-state index is -3.45. The number of hydrogen-bond donors (Lipinski definition) is 1. The van der Waals surface area contributed by atoms with Crippen LogP contribution in [0, 0.1) is 11.3 Å². The van der Waals surface area contributed by atoms with Crippen molar-refractivity contribution in [2.45, 2.75) is 12.2 Å². The second-order valence-electron chi connectivity index (χ2n) is 5.09. The summed E-state index contributed by atoms with van der Waals surface area (Å²) in [5.74, 6) is -1.70. The van der Waals surface area contributed by atoms with Crippen molar-refractivity contribution in [3.63, 3.8) is 0 Å². The van der Waals surface area contributed by atoms with Gasteiger partial charge in [0.05, 0.1) is 29.6 Å². The molecule has 5 nitrogen and oxygen atoms in total. The molecule has 0 radical (unpaired) electrons. The largest absolute Gasteiger partial charge is 0.481 e. The summed E-state index contributed by atoms with van der Waals surface area (Å²) in [5.41, 5.74) is 2.76. The quantitative estimate of drug-likeness (QED) is 0.879. The van der Waals surface area contributed by atoms with Gasteiger partial charge in [-0.2, -0.15) is 5.26 Å². The molecule has 23 heavy (non-hydrogen) atoms. The van der Waals surface area contributed by atoms with E-state index in [1.807, 2.05) is 12.1 Å². The molecule has 0 bridgehead atoms. The van der Waals surface area contributed by atoms with Crippen LogP contribution in [0.1, 0.15) is 17.5 Å². The molecule has 118 valence electrons. The van der Waals surface area contributed by atoms with Crippen molar-refractivity contribution >= 4 is 15.8 Å². The van der Waals surface area contributed by atoms with Crippen LogP contribution in [-0.2, 0) is 20.4 Å². The standard InChI is InChI=1S/C17H15NO4S/c18-11-15-3-1-2-4-16(15)14-7-5-13(6-8-14)12-23(21,22)10-9-17(19)20/h1-8H,9-10,12H2,(H,19,20). The van der Waals surface area contributed by atoms with Gasteiger partial charge < -0.3 is 5.11 Å². The second kappa shape index (κ2) is 7.07. The van der Waals surface area contributed by atoms with E-state index in [4.69, 9.17) is 10.4 Å². The average Bonchev–Trinajstić information content (AvgIpc) is 2.53. The van der Waals surface area contributed by atoms with Gasteiger partial charge >= 0.3 is 5.97 Å². The van der Waals surface area contributed by atoms with Crippen molar-refractivity contribution < 1.29 is 18.3 Å². The Kier molecular flexibility index (Phi) is 5.14. The molecule has 0 unspecified atom stereocenters. The summed E-state index contributed by atoms with van der Waals surface area (Å²) in [6.07, 6.45) is -0.393. The van der Waals surface area contributed by atoms with Crippen molar-refractivity contribution in [3.8, 4) is 17.2 Å². The van der Waals surface area contributed by atoms with Gasteiger partial charge in [0, 0.05) is 0 Å². The molecular formula is C17H15NO4S. The van der Waals surface area contributed by atoms with Gasteiger partial charge in [0.2, 0.25) is 0 Å². The van der Waals surface area contributed by atoms with E-state index in [9.17, 15) is 13.2 Å². The number of sulfone groups is 1. The van der Waals surface area contributed by atoms with Gasteiger partial charge in [0.25, 0.3) is 0 Å². The third-order valence-electron chi connectivity index (χ3n) is 3.33. The minimum Gasteiger partial charge on any atom is -0.481 e. The van der Waals surface area contributed by atoms with E-state index in [0.717, 1.165) is 11.1 Å². The van der Waals surface area contributed by atoms with Crippen LogP contribution >= 0.6 is 0 Å². The molecule has 1 N–H and O–H groups in total. The van der Waals surface area contributed by atoms with E-state index in [2.05, 4.69) is 6.07 Å². The Morgan fingerprint density at radius 1 is 1.09 bits per heavy atom. The van der Waals surface area contributed by atoms with Crippen LogP contribution in [0.15, 0.2) is 48.5 Å². The highest BCUT2D eigenvalue weighted by Gasteiger charge is 2.14. The summed E-state index contributed by atoms with van der Waals surface area (Å²) in [6, 6.07) is 16.2. The van der Waals surface area contributed by atoms with Gasteiger partial charge in [-0.15, -0.1) is 0 Å². The third-order valence-corrected chi connectivity index (χ3v) is 4.93. The monoisotopic (exact) mass is 329 g/mol. The lowest BCUT2D eigenvalue weighted by Crippen LogP contribution is -2.12. The number of carboxylic acid groups (broad SMARTS) is 1. The maximum absolute atomic E-state index is 11.9. The zero-order valence-electron chi connectivity index (χ0n) is 12.3. The lowest BCUT2D eigenvalue weighted by molar-refractivity contribution is -0.136. The molecule has 0 aromatic heterocycles. The van der Waals surface area contributed by atoms with Crippen molar-refractivity contribution in [2.75, 3.05) is 5.75 Å². The molecular weight excluding hydrogens is 314 g/mol. The molecule has 6 heteroatoms. The molecule has 0 aliphatic heterocycles. The number of carbonyl (C=O) groups is 1. The Balaban J connectivity index is 2.17. The van der Waals surface area contributed by atoms with E-state index in [1.54, 1.807) is 36.4 Å². The Morgan fingerprint density at radius 3 is 2.35 bits per heavy atom. The van der Waals surface area contributed by atoms with E-state index in [1.165, 1.54) is 0 Å². The van der Waals surface area contributed by atoms with Crippen LogP contribution < -0.4 is 0 Å². The van der Waals surface area contributed by atoms with E-state index in [0.29, 0.717) is 11.1 Å². The number of carboxylic acids is 1. The molecule has 2 aromatic carbocycles. The Bertz CT molecular complexity index is 849. The third kappa shape index (κ3) is 4.66. The lowest BCUT2D eigenvalue weighted by atomic mass is 10.00. The molecule has 0 heterocycles. The van der Waals surface area contributed by atoms with Crippen molar-refractivity contribution in [3.05, 3.63) is 59.7 Å². The molecule has 0 saturated carbocycles. The van der Waals surface area contributed by atoms with Crippen LogP contribution in [0.25, 0.3) is 11.1 Å². The summed E-state index contributed by atoms with van der Waals surface area (Å²) in [7, 11) is -3.45. The van der Waals surface area contributed by atoms with Crippen LogP contribution in [0.4, 0.5) is 0 Å². The number of nitriles is 1. The van der Waals surface area contributed by atoms with E-state index in [-0.39, 0.29) is 11.5 Å². The van der Waals surface area contributed by atoms with Gasteiger partial charge in [-0.25, -0.2) is 8.42 Å². The number of rotatable bonds is 6. The zero-order chi connectivity index (χ0) is 16.9. The van der Waals surface area contributed by atoms with Crippen LogP contribution in [-0.4, -0.2) is 25.2 Å². The molecule has 0 fully saturated rings. The van der Waals surface area contributed by atoms with Crippen LogP contribution in [0.2, 0.25) is 0 Å². The maximum Gasteiger partial charge on any atom is 0.304 e. The lowest BCUT2D eigenvalue weighted by Gasteiger charge is -2.07. The summed E-state index contributed by atoms with van der Waals surface area (Å²) in [5, 5.41) is 17.7. The molecule has 0 amide bonds. The first-order valence-corrected chi connectivity index (χ1v) is 8.74. The normalized spacial score (nSPS) is 10.9. The molecule has 0 aliphatic rings. The first-order chi connectivity index (χ1) is 10.9. The summed E-state index contributed by atoms with van der Waals surface area (Å²) in [6.45, 7) is 0. The Labute approximate surface area is 134 Å². The number of hydrogen-bond acceptors (Lipinski definition) is 4. The fourth-order valence-electron chi connectivity index (χ4n) is 2.18. The van der Waals surface area contributed by atoms with Crippen LogP contribution in [0.3, 0.4) is 0 Å². The predicted octanol–water partition coefficient (Wildman–Crippen LogP) is 2.61. The van der Waals surface area contributed by atoms with Crippen molar-refractivity contribution in [1.82, 2.24) is 0 Å². The fourth-order valence-corrected chi connectivity index (χ4v) is 3.51. The topological polar surface area (TPSA) is 95.2 Å². The highest BCUT2D eigenvalue weighted by Crippen LogP contribution is 2.24. The fraction of sp³-hybridized carbons (Fsp3) is 0.176. The molecule has 0 saturated heterocycles.